The van der Waals surface area contributed by atoms with Crippen molar-refractivity contribution in [1.29, 1.82) is 0 Å². The van der Waals surface area contributed by atoms with Crippen molar-refractivity contribution in [3.8, 4) is 0 Å². The predicted octanol–water partition coefficient (Wildman–Crippen LogP) is 3.11. The molecule has 0 aliphatic heterocycles. The Labute approximate surface area is 82.1 Å². The Kier molecular flexibility index (Phi) is 4.40. The summed E-state index contributed by atoms with van der Waals surface area (Å²) in [5.41, 5.74) is 0.822. The molecule has 3 heteroatoms. The minimum Gasteiger partial charge on any atom is -0.547 e. The lowest BCUT2D eigenvalue weighted by Crippen LogP contribution is -2.25. The Balaban J connectivity index is 4.68. The summed E-state index contributed by atoms with van der Waals surface area (Å²) in [4.78, 5) is 11.2. The van der Waals surface area contributed by atoms with Crippen molar-refractivity contribution in [2.24, 2.45) is 0 Å². The van der Waals surface area contributed by atoms with E-state index in [9.17, 15) is 4.79 Å². The Morgan fingerprint density at radius 2 is 1.69 bits per heavy atom. The van der Waals surface area contributed by atoms with Crippen LogP contribution in [0.5, 0.6) is 0 Å². The van der Waals surface area contributed by atoms with E-state index in [2.05, 4.69) is 19.6 Å². The molecule has 0 bridgehead atoms. The summed E-state index contributed by atoms with van der Waals surface area (Å²) < 4.78 is 5.75. The molecule has 0 aromatic rings. The van der Waals surface area contributed by atoms with Gasteiger partial charge in [-0.1, -0.05) is 6.92 Å². The van der Waals surface area contributed by atoms with Gasteiger partial charge in [-0.15, -0.1) is 0 Å². The molecule has 0 aromatic carbocycles. The van der Waals surface area contributed by atoms with Gasteiger partial charge in [-0.3, -0.25) is 4.79 Å². The molecule has 0 N–H and O–H groups in total. The van der Waals surface area contributed by atoms with Crippen molar-refractivity contribution >= 4 is 14.1 Å². The highest BCUT2D eigenvalue weighted by Crippen LogP contribution is 2.16. The van der Waals surface area contributed by atoms with E-state index in [-0.39, 0.29) is 5.78 Å². The summed E-state index contributed by atoms with van der Waals surface area (Å²) >= 11 is 0. The molecular weight excluding hydrogens is 180 g/mol. The zero-order chi connectivity index (χ0) is 10.6. The quantitative estimate of drug-likeness (QED) is 0.396. The SMILES string of the molecule is CC/C(C(C)=O)=C(/C)O[Si](C)(C)C. The standard InChI is InChI=1S/C10H20O2Si/c1-7-10(8(2)11)9(3)12-13(4,5)6/h7H2,1-6H3/b10-9+. The van der Waals surface area contributed by atoms with Crippen LogP contribution in [-0.2, 0) is 9.22 Å². The largest absolute Gasteiger partial charge is 0.547 e. The van der Waals surface area contributed by atoms with Crippen molar-refractivity contribution in [3.05, 3.63) is 11.3 Å². The maximum atomic E-state index is 11.2. The average molecular weight is 200 g/mol. The van der Waals surface area contributed by atoms with Crippen LogP contribution in [0.1, 0.15) is 27.2 Å². The van der Waals surface area contributed by atoms with E-state index in [1.807, 2.05) is 13.8 Å². The Morgan fingerprint density at radius 3 is 1.92 bits per heavy atom. The van der Waals surface area contributed by atoms with E-state index in [0.29, 0.717) is 0 Å². The van der Waals surface area contributed by atoms with Crippen LogP contribution in [0.3, 0.4) is 0 Å². The number of Topliss-reactive ketones (excluding diaryl/α,β-unsaturated/α-hetero) is 1. The molecule has 2 nitrogen and oxygen atoms in total. The number of hydrogen-bond acceptors (Lipinski definition) is 2. The first kappa shape index (κ1) is 12.4. The van der Waals surface area contributed by atoms with Crippen molar-refractivity contribution in [3.63, 3.8) is 0 Å². The third-order valence-corrected chi connectivity index (χ3v) is 2.58. The summed E-state index contributed by atoms with van der Waals surface area (Å²) in [5.74, 6) is 0.937. The first-order chi connectivity index (χ1) is 5.78. The van der Waals surface area contributed by atoms with Gasteiger partial charge >= 0.3 is 0 Å². The molecule has 0 saturated heterocycles. The number of carbonyl (C=O) groups excluding carboxylic acids is 1. The highest BCUT2D eigenvalue weighted by atomic mass is 28.4. The second-order valence-electron chi connectivity index (χ2n) is 4.16. The summed E-state index contributed by atoms with van der Waals surface area (Å²) in [7, 11) is -1.56. The van der Waals surface area contributed by atoms with E-state index >= 15 is 0 Å². The van der Waals surface area contributed by atoms with E-state index < -0.39 is 8.32 Å². The molecule has 0 saturated carbocycles. The van der Waals surface area contributed by atoms with Gasteiger partial charge in [0.1, 0.15) is 0 Å². The molecule has 0 aliphatic rings. The lowest BCUT2D eigenvalue weighted by Gasteiger charge is -2.21. The van der Waals surface area contributed by atoms with Crippen LogP contribution in [0, 0.1) is 0 Å². The molecule has 0 aromatic heterocycles. The van der Waals surface area contributed by atoms with Gasteiger partial charge < -0.3 is 4.43 Å². The fourth-order valence-corrected chi connectivity index (χ4v) is 2.31. The number of carbonyl (C=O) groups is 1. The minimum absolute atomic E-state index is 0.123. The zero-order valence-corrected chi connectivity index (χ0v) is 10.5. The monoisotopic (exact) mass is 200 g/mol. The summed E-state index contributed by atoms with van der Waals surface area (Å²) in [6.07, 6.45) is 0.756. The number of allylic oxidation sites excluding steroid dienone is 2. The highest BCUT2D eigenvalue weighted by Gasteiger charge is 2.18. The zero-order valence-electron chi connectivity index (χ0n) is 9.52. The first-order valence-electron chi connectivity index (χ1n) is 4.67. The average Bonchev–Trinajstić information content (AvgIpc) is 1.82. The molecule has 0 amide bonds. The molecule has 0 rings (SSSR count). The van der Waals surface area contributed by atoms with Crippen LogP contribution >= 0.6 is 0 Å². The van der Waals surface area contributed by atoms with Gasteiger partial charge in [-0.2, -0.15) is 0 Å². The maximum Gasteiger partial charge on any atom is 0.241 e. The van der Waals surface area contributed by atoms with Crippen LogP contribution in [0.25, 0.3) is 0 Å². The van der Waals surface area contributed by atoms with Gasteiger partial charge in [0, 0.05) is 5.57 Å². The summed E-state index contributed by atoms with van der Waals surface area (Å²) in [5, 5.41) is 0. The molecule has 0 fully saturated rings. The van der Waals surface area contributed by atoms with Gasteiger partial charge in [0.15, 0.2) is 5.78 Å². The maximum absolute atomic E-state index is 11.2. The smallest absolute Gasteiger partial charge is 0.241 e. The van der Waals surface area contributed by atoms with Gasteiger partial charge in [-0.25, -0.2) is 0 Å². The van der Waals surface area contributed by atoms with E-state index in [1.165, 1.54) is 0 Å². The van der Waals surface area contributed by atoms with E-state index in [4.69, 9.17) is 4.43 Å². The molecule has 0 heterocycles. The van der Waals surface area contributed by atoms with E-state index in [1.54, 1.807) is 6.92 Å². The van der Waals surface area contributed by atoms with Crippen molar-refractivity contribution in [2.75, 3.05) is 0 Å². The molecule has 0 aliphatic carbocycles. The number of hydrogen-bond donors (Lipinski definition) is 0. The lowest BCUT2D eigenvalue weighted by molar-refractivity contribution is -0.113. The Morgan fingerprint density at radius 1 is 1.23 bits per heavy atom. The number of ketones is 1. The molecule has 76 valence electrons. The van der Waals surface area contributed by atoms with Crippen molar-refractivity contribution in [2.45, 2.75) is 46.8 Å². The first-order valence-corrected chi connectivity index (χ1v) is 8.08. The predicted molar refractivity (Wildman–Crippen MR) is 58.1 cm³/mol. The van der Waals surface area contributed by atoms with Crippen molar-refractivity contribution in [1.82, 2.24) is 0 Å². The van der Waals surface area contributed by atoms with Crippen LogP contribution in [0.2, 0.25) is 19.6 Å². The number of rotatable bonds is 4. The normalized spacial score (nSPS) is 13.7. The van der Waals surface area contributed by atoms with Crippen LogP contribution in [0.4, 0.5) is 0 Å². The molecule has 0 unspecified atom stereocenters. The van der Waals surface area contributed by atoms with Crippen LogP contribution < -0.4 is 0 Å². The van der Waals surface area contributed by atoms with Gasteiger partial charge in [0.2, 0.25) is 8.32 Å². The fraction of sp³-hybridized carbons (Fsp3) is 0.700. The lowest BCUT2D eigenvalue weighted by atomic mass is 10.1. The second kappa shape index (κ2) is 4.60. The second-order valence-corrected chi connectivity index (χ2v) is 8.59. The van der Waals surface area contributed by atoms with Gasteiger partial charge in [0.25, 0.3) is 0 Å². The topological polar surface area (TPSA) is 26.3 Å². The van der Waals surface area contributed by atoms with Crippen LogP contribution in [0.15, 0.2) is 11.3 Å². The summed E-state index contributed by atoms with van der Waals surface area (Å²) in [6, 6.07) is 0. The summed E-state index contributed by atoms with van der Waals surface area (Å²) in [6.45, 7) is 11.8. The molecule has 0 atom stereocenters. The van der Waals surface area contributed by atoms with Crippen molar-refractivity contribution < 1.29 is 9.22 Å². The van der Waals surface area contributed by atoms with E-state index in [0.717, 1.165) is 17.8 Å². The van der Waals surface area contributed by atoms with Crippen LogP contribution in [-0.4, -0.2) is 14.1 Å². The van der Waals surface area contributed by atoms with Gasteiger partial charge in [-0.05, 0) is 39.9 Å². The molecule has 0 spiro atoms. The Hall–Kier alpha value is -0.573. The Bertz CT molecular complexity index is 224. The third kappa shape index (κ3) is 4.88. The molecular formula is C10H20O2Si. The highest BCUT2D eigenvalue weighted by molar-refractivity contribution is 6.70. The fourth-order valence-electron chi connectivity index (χ4n) is 1.27. The third-order valence-electron chi connectivity index (χ3n) is 1.66. The molecule has 13 heavy (non-hydrogen) atoms. The minimum atomic E-state index is -1.56. The molecule has 0 radical (unpaired) electrons. The van der Waals surface area contributed by atoms with Gasteiger partial charge in [0.05, 0.1) is 5.76 Å².